The molecule has 23 heavy (non-hydrogen) atoms. The third-order valence-corrected chi connectivity index (χ3v) is 3.16. The Balaban J connectivity index is 1.69. The molecule has 7 nitrogen and oxygen atoms in total. The summed E-state index contributed by atoms with van der Waals surface area (Å²) in [5.74, 6) is 1.15. The smallest absolute Gasteiger partial charge is 0.273 e. The number of nitro benzene ring substituents is 1. The van der Waals surface area contributed by atoms with Crippen LogP contribution in [0.25, 0.3) is 11.5 Å². The van der Waals surface area contributed by atoms with Gasteiger partial charge in [0.1, 0.15) is 5.75 Å². The van der Waals surface area contributed by atoms with E-state index in [1.165, 1.54) is 12.1 Å². The number of benzene rings is 2. The lowest BCUT2D eigenvalue weighted by Gasteiger charge is -2.02. The summed E-state index contributed by atoms with van der Waals surface area (Å²) in [6, 6.07) is 13.6. The zero-order chi connectivity index (χ0) is 16.2. The molecule has 3 aromatic rings. The quantitative estimate of drug-likeness (QED) is 0.528. The van der Waals surface area contributed by atoms with E-state index in [1.807, 2.05) is 31.2 Å². The molecular formula is C16H13N3O4. The Morgan fingerprint density at radius 3 is 2.74 bits per heavy atom. The number of non-ortho nitro benzene ring substituents is 1. The van der Waals surface area contributed by atoms with Gasteiger partial charge in [-0.3, -0.25) is 10.1 Å². The second-order valence-electron chi connectivity index (χ2n) is 4.92. The first-order chi connectivity index (χ1) is 11.1. The van der Waals surface area contributed by atoms with Crippen LogP contribution in [-0.2, 0) is 6.61 Å². The molecule has 0 aliphatic heterocycles. The van der Waals surface area contributed by atoms with Crippen LogP contribution in [0.3, 0.4) is 0 Å². The van der Waals surface area contributed by atoms with Crippen molar-refractivity contribution in [2.45, 2.75) is 13.5 Å². The molecule has 1 heterocycles. The van der Waals surface area contributed by atoms with Crippen LogP contribution in [0.1, 0.15) is 11.4 Å². The van der Waals surface area contributed by atoms with Gasteiger partial charge in [0.15, 0.2) is 6.61 Å². The van der Waals surface area contributed by atoms with E-state index in [-0.39, 0.29) is 12.3 Å². The Morgan fingerprint density at radius 1 is 1.22 bits per heavy atom. The summed E-state index contributed by atoms with van der Waals surface area (Å²) in [7, 11) is 0. The fourth-order valence-corrected chi connectivity index (χ4v) is 1.96. The van der Waals surface area contributed by atoms with E-state index in [0.717, 1.165) is 11.1 Å². The van der Waals surface area contributed by atoms with Crippen LogP contribution < -0.4 is 4.74 Å². The van der Waals surface area contributed by atoms with Crippen molar-refractivity contribution < 1.29 is 14.2 Å². The van der Waals surface area contributed by atoms with Crippen molar-refractivity contribution >= 4 is 5.69 Å². The van der Waals surface area contributed by atoms with Crippen LogP contribution in [0, 0.1) is 17.0 Å². The van der Waals surface area contributed by atoms with Crippen molar-refractivity contribution in [1.29, 1.82) is 0 Å². The van der Waals surface area contributed by atoms with Gasteiger partial charge in [0.25, 0.3) is 11.6 Å². The van der Waals surface area contributed by atoms with E-state index in [1.54, 1.807) is 12.1 Å². The van der Waals surface area contributed by atoms with Gasteiger partial charge in [-0.25, -0.2) is 0 Å². The summed E-state index contributed by atoms with van der Waals surface area (Å²) in [4.78, 5) is 14.5. The summed E-state index contributed by atoms with van der Waals surface area (Å²) in [6.07, 6.45) is 0. The lowest BCUT2D eigenvalue weighted by Crippen LogP contribution is -1.98. The van der Waals surface area contributed by atoms with Gasteiger partial charge >= 0.3 is 0 Å². The van der Waals surface area contributed by atoms with Gasteiger partial charge in [-0.2, -0.15) is 4.98 Å². The average Bonchev–Trinajstić information content (AvgIpc) is 3.03. The number of nitrogens with zero attached hydrogens (tertiary/aromatic N) is 3. The third-order valence-electron chi connectivity index (χ3n) is 3.16. The molecule has 0 atom stereocenters. The zero-order valence-electron chi connectivity index (χ0n) is 12.3. The lowest BCUT2D eigenvalue weighted by atomic mass is 10.1. The molecule has 116 valence electrons. The molecule has 0 bridgehead atoms. The van der Waals surface area contributed by atoms with Gasteiger partial charge < -0.3 is 9.26 Å². The third kappa shape index (κ3) is 3.52. The SMILES string of the molecule is Cc1ccc(-c2nc(COc3cccc([N+](=O)[O-])c3)no2)cc1. The molecule has 0 fully saturated rings. The first-order valence-electron chi connectivity index (χ1n) is 6.89. The molecule has 0 radical (unpaired) electrons. The Hall–Kier alpha value is -3.22. The number of aryl methyl sites for hydroxylation is 1. The first kappa shape index (κ1) is 14.7. The topological polar surface area (TPSA) is 91.3 Å². The molecule has 0 saturated heterocycles. The van der Waals surface area contributed by atoms with Gasteiger partial charge in [-0.1, -0.05) is 28.9 Å². The van der Waals surface area contributed by atoms with Gasteiger partial charge in [-0.15, -0.1) is 0 Å². The van der Waals surface area contributed by atoms with Gasteiger partial charge in [0, 0.05) is 11.6 Å². The monoisotopic (exact) mass is 311 g/mol. The Labute approximate surface area is 131 Å². The minimum Gasteiger partial charge on any atom is -0.485 e. The molecule has 0 N–H and O–H groups in total. The van der Waals surface area contributed by atoms with Gasteiger partial charge in [0.05, 0.1) is 11.0 Å². The van der Waals surface area contributed by atoms with E-state index in [2.05, 4.69) is 10.1 Å². The first-order valence-corrected chi connectivity index (χ1v) is 6.89. The maximum atomic E-state index is 10.7. The van der Waals surface area contributed by atoms with Crippen LogP contribution in [0.15, 0.2) is 53.1 Å². The number of rotatable bonds is 5. The minimum atomic E-state index is -0.475. The average molecular weight is 311 g/mol. The fourth-order valence-electron chi connectivity index (χ4n) is 1.96. The summed E-state index contributed by atoms with van der Waals surface area (Å²) >= 11 is 0. The summed E-state index contributed by atoms with van der Waals surface area (Å²) < 4.78 is 10.7. The molecule has 2 aromatic carbocycles. The molecule has 0 amide bonds. The molecule has 0 unspecified atom stereocenters. The molecule has 0 aliphatic carbocycles. The van der Waals surface area contributed by atoms with Crippen molar-refractivity contribution in [2.24, 2.45) is 0 Å². The van der Waals surface area contributed by atoms with Crippen LogP contribution in [-0.4, -0.2) is 15.1 Å². The molecule has 0 spiro atoms. The van der Waals surface area contributed by atoms with E-state index in [9.17, 15) is 10.1 Å². The minimum absolute atomic E-state index is 0.0315. The number of ether oxygens (including phenoxy) is 1. The van der Waals surface area contributed by atoms with Crippen LogP contribution >= 0.6 is 0 Å². The second kappa shape index (κ2) is 6.27. The van der Waals surface area contributed by atoms with Crippen LogP contribution in [0.5, 0.6) is 5.75 Å². The molecule has 3 rings (SSSR count). The Bertz CT molecular complexity index is 827. The van der Waals surface area contributed by atoms with Gasteiger partial charge in [0.2, 0.25) is 5.82 Å². The van der Waals surface area contributed by atoms with E-state index >= 15 is 0 Å². The summed E-state index contributed by atoms with van der Waals surface area (Å²) in [5.41, 5.74) is 1.93. The Morgan fingerprint density at radius 2 is 2.00 bits per heavy atom. The maximum Gasteiger partial charge on any atom is 0.273 e. The number of hydrogen-bond acceptors (Lipinski definition) is 6. The maximum absolute atomic E-state index is 10.7. The van der Waals surface area contributed by atoms with Crippen LogP contribution in [0.4, 0.5) is 5.69 Å². The van der Waals surface area contributed by atoms with E-state index < -0.39 is 4.92 Å². The molecule has 0 aliphatic rings. The highest BCUT2D eigenvalue weighted by atomic mass is 16.6. The van der Waals surface area contributed by atoms with Crippen molar-refractivity contribution in [3.8, 4) is 17.2 Å². The second-order valence-corrected chi connectivity index (χ2v) is 4.92. The van der Waals surface area contributed by atoms with Crippen molar-refractivity contribution in [3.05, 3.63) is 70.0 Å². The highest BCUT2D eigenvalue weighted by Crippen LogP contribution is 2.21. The number of nitro groups is 1. The zero-order valence-corrected chi connectivity index (χ0v) is 12.3. The fraction of sp³-hybridized carbons (Fsp3) is 0.125. The standard InChI is InChI=1S/C16H13N3O4/c1-11-5-7-12(8-6-11)16-17-15(18-23-16)10-22-14-4-2-3-13(9-14)19(20)21/h2-9H,10H2,1H3. The normalized spacial score (nSPS) is 10.5. The molecule has 7 heteroatoms. The molecular weight excluding hydrogens is 298 g/mol. The summed E-state index contributed by atoms with van der Waals surface area (Å²) in [6.45, 7) is 2.06. The van der Waals surface area contributed by atoms with Crippen molar-refractivity contribution in [1.82, 2.24) is 10.1 Å². The lowest BCUT2D eigenvalue weighted by molar-refractivity contribution is -0.384. The highest BCUT2D eigenvalue weighted by Gasteiger charge is 2.10. The number of hydrogen-bond donors (Lipinski definition) is 0. The number of aromatic nitrogens is 2. The molecule has 0 saturated carbocycles. The van der Waals surface area contributed by atoms with Gasteiger partial charge in [-0.05, 0) is 25.1 Å². The van der Waals surface area contributed by atoms with E-state index in [0.29, 0.717) is 17.5 Å². The summed E-state index contributed by atoms with van der Waals surface area (Å²) in [5, 5.41) is 14.6. The predicted octanol–water partition coefficient (Wildman–Crippen LogP) is 3.53. The Kier molecular flexibility index (Phi) is 4.01. The van der Waals surface area contributed by atoms with E-state index in [4.69, 9.17) is 9.26 Å². The highest BCUT2D eigenvalue weighted by molar-refractivity contribution is 5.53. The largest absolute Gasteiger partial charge is 0.485 e. The predicted molar refractivity (Wildman–Crippen MR) is 81.9 cm³/mol. The molecule has 1 aromatic heterocycles. The van der Waals surface area contributed by atoms with Crippen molar-refractivity contribution in [3.63, 3.8) is 0 Å². The van der Waals surface area contributed by atoms with Crippen molar-refractivity contribution in [2.75, 3.05) is 0 Å². The van der Waals surface area contributed by atoms with Crippen LogP contribution in [0.2, 0.25) is 0 Å².